The van der Waals surface area contributed by atoms with Crippen molar-refractivity contribution in [2.75, 3.05) is 12.1 Å². The number of thioether (sulfide) groups is 1. The number of benzene rings is 2. The van der Waals surface area contributed by atoms with Crippen molar-refractivity contribution in [1.82, 2.24) is 20.0 Å². The standard InChI is InChI=1S/C21H19N5OS/c1-25(18-7-3-2-4-8-18)24-20(27)17-12-10-16(11-13-17)15-28-21-23-22-19-9-5-6-14-26(19)21/h2-14H,15H2,1H3,(H,24,27). The molecular weight excluding hydrogens is 370 g/mol. The molecule has 0 aliphatic rings. The van der Waals surface area contributed by atoms with Gasteiger partial charge in [0.25, 0.3) is 5.91 Å². The highest BCUT2D eigenvalue weighted by molar-refractivity contribution is 7.98. The first-order valence-electron chi connectivity index (χ1n) is 8.82. The van der Waals surface area contributed by atoms with E-state index in [0.717, 1.165) is 27.8 Å². The van der Waals surface area contributed by atoms with E-state index in [-0.39, 0.29) is 5.91 Å². The first-order chi connectivity index (χ1) is 13.7. The van der Waals surface area contributed by atoms with Crippen molar-refractivity contribution in [2.24, 2.45) is 0 Å². The molecular formula is C21H19N5OS. The van der Waals surface area contributed by atoms with Crippen LogP contribution < -0.4 is 10.4 Å². The van der Waals surface area contributed by atoms with Gasteiger partial charge in [-0.1, -0.05) is 48.2 Å². The lowest BCUT2D eigenvalue weighted by Gasteiger charge is -2.20. The average molecular weight is 389 g/mol. The van der Waals surface area contributed by atoms with Gasteiger partial charge in [-0.3, -0.25) is 19.6 Å². The molecule has 0 fully saturated rings. The molecule has 1 amide bonds. The van der Waals surface area contributed by atoms with Crippen molar-refractivity contribution in [3.8, 4) is 0 Å². The Kier molecular flexibility index (Phi) is 5.25. The van der Waals surface area contributed by atoms with Gasteiger partial charge in [-0.15, -0.1) is 10.2 Å². The largest absolute Gasteiger partial charge is 0.288 e. The van der Waals surface area contributed by atoms with E-state index in [1.54, 1.807) is 16.8 Å². The minimum atomic E-state index is -0.144. The molecule has 6 nitrogen and oxygen atoms in total. The molecule has 0 atom stereocenters. The van der Waals surface area contributed by atoms with Crippen molar-refractivity contribution in [2.45, 2.75) is 10.9 Å². The van der Waals surface area contributed by atoms with Gasteiger partial charge in [0.05, 0.1) is 5.69 Å². The second kappa shape index (κ2) is 8.14. The number of para-hydroxylation sites is 1. The number of rotatable bonds is 6. The fourth-order valence-electron chi connectivity index (χ4n) is 2.75. The maximum Gasteiger partial charge on any atom is 0.269 e. The van der Waals surface area contributed by atoms with Gasteiger partial charge in [0.15, 0.2) is 10.8 Å². The Balaban J connectivity index is 1.37. The zero-order chi connectivity index (χ0) is 19.3. The predicted octanol–water partition coefficient (Wildman–Crippen LogP) is 3.80. The minimum Gasteiger partial charge on any atom is -0.288 e. The minimum absolute atomic E-state index is 0.144. The van der Waals surface area contributed by atoms with Crippen LogP contribution in [0.3, 0.4) is 0 Å². The summed E-state index contributed by atoms with van der Waals surface area (Å²) < 4.78 is 1.96. The van der Waals surface area contributed by atoms with Gasteiger partial charge in [-0.05, 0) is 42.0 Å². The number of carbonyl (C=O) groups excluding carboxylic acids is 1. The molecule has 2 aromatic carbocycles. The maximum atomic E-state index is 12.5. The van der Waals surface area contributed by atoms with Crippen LogP contribution >= 0.6 is 11.8 Å². The van der Waals surface area contributed by atoms with Crippen LogP contribution in [0.15, 0.2) is 84.1 Å². The van der Waals surface area contributed by atoms with Gasteiger partial charge >= 0.3 is 0 Å². The Bertz CT molecular complexity index is 1080. The fraction of sp³-hybridized carbons (Fsp3) is 0.0952. The molecule has 2 aromatic heterocycles. The summed E-state index contributed by atoms with van der Waals surface area (Å²) >= 11 is 1.61. The summed E-state index contributed by atoms with van der Waals surface area (Å²) in [7, 11) is 1.82. The molecule has 0 radical (unpaired) electrons. The van der Waals surface area contributed by atoms with Crippen molar-refractivity contribution in [1.29, 1.82) is 0 Å². The van der Waals surface area contributed by atoms with Gasteiger partial charge in [0, 0.05) is 24.6 Å². The van der Waals surface area contributed by atoms with Crippen LogP contribution in [-0.4, -0.2) is 27.6 Å². The molecule has 140 valence electrons. The highest BCUT2D eigenvalue weighted by Gasteiger charge is 2.10. The highest BCUT2D eigenvalue weighted by atomic mass is 32.2. The number of hydrogen-bond acceptors (Lipinski definition) is 5. The number of hydrazine groups is 1. The third kappa shape index (κ3) is 3.99. The average Bonchev–Trinajstić information content (AvgIpc) is 3.16. The van der Waals surface area contributed by atoms with Gasteiger partial charge in [0.2, 0.25) is 0 Å². The smallest absolute Gasteiger partial charge is 0.269 e. The summed E-state index contributed by atoms with van der Waals surface area (Å²) in [5.74, 6) is 0.607. The highest BCUT2D eigenvalue weighted by Crippen LogP contribution is 2.22. The summed E-state index contributed by atoms with van der Waals surface area (Å²) in [6, 6.07) is 23.1. The SMILES string of the molecule is CN(NC(=O)c1ccc(CSc2nnc3ccccn23)cc1)c1ccccc1. The van der Waals surface area contributed by atoms with E-state index in [0.29, 0.717) is 5.56 Å². The predicted molar refractivity (Wildman–Crippen MR) is 111 cm³/mol. The zero-order valence-electron chi connectivity index (χ0n) is 15.3. The number of carbonyl (C=O) groups is 1. The molecule has 0 aliphatic carbocycles. The molecule has 0 bridgehead atoms. The zero-order valence-corrected chi connectivity index (χ0v) is 16.1. The normalized spacial score (nSPS) is 10.8. The van der Waals surface area contributed by atoms with E-state index in [1.807, 2.05) is 90.4 Å². The van der Waals surface area contributed by atoms with Crippen LogP contribution in [0.25, 0.3) is 5.65 Å². The van der Waals surface area contributed by atoms with E-state index in [1.165, 1.54) is 0 Å². The van der Waals surface area contributed by atoms with Crippen LogP contribution in [0, 0.1) is 0 Å². The van der Waals surface area contributed by atoms with Crippen LogP contribution in [0.2, 0.25) is 0 Å². The monoisotopic (exact) mass is 389 g/mol. The first-order valence-corrected chi connectivity index (χ1v) is 9.80. The van der Waals surface area contributed by atoms with Gasteiger partial charge in [0.1, 0.15) is 0 Å². The van der Waals surface area contributed by atoms with Gasteiger partial charge in [-0.25, -0.2) is 0 Å². The Hall–Kier alpha value is -3.32. The van der Waals surface area contributed by atoms with Crippen LogP contribution in [0.4, 0.5) is 5.69 Å². The molecule has 0 unspecified atom stereocenters. The Labute approximate surface area is 167 Å². The lowest BCUT2D eigenvalue weighted by molar-refractivity contribution is 0.0951. The molecule has 0 saturated carbocycles. The maximum absolute atomic E-state index is 12.5. The van der Waals surface area contributed by atoms with E-state index in [9.17, 15) is 4.79 Å². The number of aromatic nitrogens is 3. The molecule has 4 aromatic rings. The number of anilines is 1. The summed E-state index contributed by atoms with van der Waals surface area (Å²) in [6.07, 6.45) is 1.95. The Morgan fingerprint density at radius 3 is 2.54 bits per heavy atom. The van der Waals surface area contributed by atoms with Crippen molar-refractivity contribution < 1.29 is 4.79 Å². The molecule has 28 heavy (non-hydrogen) atoms. The van der Waals surface area contributed by atoms with Crippen LogP contribution in [0.5, 0.6) is 0 Å². The lowest BCUT2D eigenvalue weighted by Crippen LogP contribution is -2.39. The Morgan fingerprint density at radius 1 is 1.00 bits per heavy atom. The molecule has 2 heterocycles. The molecule has 0 aliphatic heterocycles. The summed E-state index contributed by atoms with van der Waals surface area (Å²) in [5.41, 5.74) is 6.36. The summed E-state index contributed by atoms with van der Waals surface area (Å²) in [5, 5.41) is 10.9. The van der Waals surface area contributed by atoms with Gasteiger partial charge in [-0.2, -0.15) is 0 Å². The third-order valence-corrected chi connectivity index (χ3v) is 5.29. The molecule has 7 heteroatoms. The molecule has 4 rings (SSSR count). The van der Waals surface area contributed by atoms with E-state index >= 15 is 0 Å². The van der Waals surface area contributed by atoms with E-state index in [2.05, 4.69) is 15.6 Å². The van der Waals surface area contributed by atoms with Crippen molar-refractivity contribution >= 4 is 29.0 Å². The summed E-state index contributed by atoms with van der Waals surface area (Å²) in [4.78, 5) is 12.5. The molecule has 0 spiro atoms. The number of hydrogen-bond donors (Lipinski definition) is 1. The van der Waals surface area contributed by atoms with Gasteiger partial charge < -0.3 is 0 Å². The van der Waals surface area contributed by atoms with E-state index in [4.69, 9.17) is 0 Å². The number of fused-ring (bicyclic) bond motifs is 1. The number of nitrogens with zero attached hydrogens (tertiary/aromatic N) is 4. The van der Waals surface area contributed by atoms with Crippen molar-refractivity contribution in [3.05, 3.63) is 90.1 Å². The number of amides is 1. The van der Waals surface area contributed by atoms with Crippen molar-refractivity contribution in [3.63, 3.8) is 0 Å². The first kappa shape index (κ1) is 18.1. The number of nitrogens with one attached hydrogen (secondary N) is 1. The fourth-order valence-corrected chi connectivity index (χ4v) is 3.63. The number of pyridine rings is 1. The Morgan fingerprint density at radius 2 is 1.75 bits per heavy atom. The molecule has 0 saturated heterocycles. The second-order valence-electron chi connectivity index (χ2n) is 6.23. The third-order valence-electron chi connectivity index (χ3n) is 4.28. The topological polar surface area (TPSA) is 62.5 Å². The van der Waals surface area contributed by atoms with Crippen LogP contribution in [0.1, 0.15) is 15.9 Å². The molecule has 1 N–H and O–H groups in total. The quantitative estimate of drug-likeness (QED) is 0.401. The second-order valence-corrected chi connectivity index (χ2v) is 7.18. The van der Waals surface area contributed by atoms with E-state index < -0.39 is 0 Å². The van der Waals surface area contributed by atoms with Crippen LogP contribution in [-0.2, 0) is 5.75 Å². The lowest BCUT2D eigenvalue weighted by atomic mass is 10.1. The summed E-state index contributed by atoms with van der Waals surface area (Å²) in [6.45, 7) is 0.